The lowest BCUT2D eigenvalue weighted by atomic mass is 10.0. The summed E-state index contributed by atoms with van der Waals surface area (Å²) in [6.07, 6.45) is 9.44. The molecule has 2 aliphatic rings. The molecule has 1 atom stereocenters. The van der Waals surface area contributed by atoms with E-state index >= 15 is 0 Å². The number of hydrogen-bond acceptors (Lipinski definition) is 2. The van der Waals surface area contributed by atoms with Crippen molar-refractivity contribution in [2.75, 3.05) is 13.1 Å². The van der Waals surface area contributed by atoms with Crippen LogP contribution in [0.25, 0.3) is 0 Å². The van der Waals surface area contributed by atoms with Crippen molar-refractivity contribution in [2.45, 2.75) is 38.1 Å². The molecule has 0 spiro atoms. The molecule has 1 aromatic carbocycles. The first kappa shape index (κ1) is 13.6. The molecule has 4 heteroatoms. The minimum atomic E-state index is 0.173. The largest absolute Gasteiger partial charge is 0.337 e. The maximum Gasteiger partial charge on any atom is 0.253 e. The molecule has 1 fully saturated rings. The molecule has 0 saturated carbocycles. The zero-order valence-electron chi connectivity index (χ0n) is 12.7. The van der Waals surface area contributed by atoms with E-state index in [-0.39, 0.29) is 5.91 Å². The molecule has 4 nitrogen and oxygen atoms in total. The lowest BCUT2D eigenvalue weighted by Gasteiger charge is -2.33. The SMILES string of the molecule is O=C(c1ccc2c(c1)CCC2)N1CCC[C@H](n2cccn2)C1. The fraction of sp³-hybridized carbons (Fsp3) is 0.444. The third kappa shape index (κ3) is 2.43. The summed E-state index contributed by atoms with van der Waals surface area (Å²) in [4.78, 5) is 14.8. The van der Waals surface area contributed by atoms with E-state index < -0.39 is 0 Å². The number of benzene rings is 1. The second kappa shape index (κ2) is 5.59. The number of aryl methyl sites for hydroxylation is 2. The summed E-state index contributed by atoms with van der Waals surface area (Å²) in [6.45, 7) is 1.62. The van der Waals surface area contributed by atoms with Crippen LogP contribution in [0.4, 0.5) is 0 Å². The van der Waals surface area contributed by atoms with Gasteiger partial charge in [-0.3, -0.25) is 9.48 Å². The van der Waals surface area contributed by atoms with Gasteiger partial charge in [0.05, 0.1) is 6.04 Å². The van der Waals surface area contributed by atoms with Crippen molar-refractivity contribution in [1.29, 1.82) is 0 Å². The predicted octanol–water partition coefficient (Wildman–Crippen LogP) is 2.85. The average molecular weight is 295 g/mol. The third-order valence-corrected chi connectivity index (χ3v) is 4.93. The van der Waals surface area contributed by atoms with Gasteiger partial charge in [-0.05, 0) is 61.4 Å². The van der Waals surface area contributed by atoms with E-state index in [2.05, 4.69) is 17.2 Å². The average Bonchev–Trinajstić information content (AvgIpc) is 3.25. The van der Waals surface area contributed by atoms with Gasteiger partial charge in [-0.1, -0.05) is 6.07 Å². The standard InChI is InChI=1S/C18H21N3O/c22-18(16-8-7-14-4-1-5-15(14)12-16)20-10-2-6-17(13-20)21-11-3-9-19-21/h3,7-9,11-12,17H,1-2,4-6,10,13H2/t17-/m0/s1. The molecule has 1 aromatic heterocycles. The molecule has 0 unspecified atom stereocenters. The van der Waals surface area contributed by atoms with E-state index in [1.807, 2.05) is 27.9 Å². The first-order valence-corrected chi connectivity index (χ1v) is 8.21. The number of likely N-dealkylation sites (tertiary alicyclic amines) is 1. The summed E-state index contributed by atoms with van der Waals surface area (Å²) >= 11 is 0. The lowest BCUT2D eigenvalue weighted by Crippen LogP contribution is -2.40. The number of amides is 1. The number of hydrogen-bond donors (Lipinski definition) is 0. The van der Waals surface area contributed by atoms with Crippen molar-refractivity contribution in [3.05, 3.63) is 53.3 Å². The van der Waals surface area contributed by atoms with Crippen LogP contribution in [0.15, 0.2) is 36.7 Å². The highest BCUT2D eigenvalue weighted by molar-refractivity contribution is 5.94. The van der Waals surface area contributed by atoms with Crippen LogP contribution in [-0.2, 0) is 12.8 Å². The smallest absolute Gasteiger partial charge is 0.253 e. The van der Waals surface area contributed by atoms with Gasteiger partial charge in [-0.15, -0.1) is 0 Å². The summed E-state index contributed by atoms with van der Waals surface area (Å²) in [5, 5.41) is 4.33. The van der Waals surface area contributed by atoms with Crippen LogP contribution >= 0.6 is 0 Å². The third-order valence-electron chi connectivity index (χ3n) is 4.93. The lowest BCUT2D eigenvalue weighted by molar-refractivity contribution is 0.0673. The molecule has 22 heavy (non-hydrogen) atoms. The molecule has 114 valence electrons. The number of nitrogens with zero attached hydrogens (tertiary/aromatic N) is 3. The minimum absolute atomic E-state index is 0.173. The van der Waals surface area contributed by atoms with Crippen LogP contribution in [0.2, 0.25) is 0 Å². The summed E-state index contributed by atoms with van der Waals surface area (Å²) in [5.41, 5.74) is 3.64. The van der Waals surface area contributed by atoms with Gasteiger partial charge in [0.2, 0.25) is 0 Å². The number of aromatic nitrogens is 2. The fourth-order valence-electron chi connectivity index (χ4n) is 3.74. The van der Waals surface area contributed by atoms with Gasteiger partial charge in [-0.25, -0.2) is 0 Å². The summed E-state index contributed by atoms with van der Waals surface area (Å²) in [7, 11) is 0. The van der Waals surface area contributed by atoms with Gasteiger partial charge in [0.1, 0.15) is 0 Å². The molecule has 2 heterocycles. The quantitative estimate of drug-likeness (QED) is 0.854. The van der Waals surface area contributed by atoms with Crippen LogP contribution in [0.3, 0.4) is 0 Å². The Kier molecular flexibility index (Phi) is 3.45. The normalized spacial score (nSPS) is 20.9. The molecular weight excluding hydrogens is 274 g/mol. The first-order valence-electron chi connectivity index (χ1n) is 8.21. The Labute approximate surface area is 130 Å². The highest BCUT2D eigenvalue weighted by atomic mass is 16.2. The second-order valence-electron chi connectivity index (χ2n) is 6.37. The van der Waals surface area contributed by atoms with Gasteiger partial charge >= 0.3 is 0 Å². The van der Waals surface area contributed by atoms with Crippen molar-refractivity contribution in [3.8, 4) is 0 Å². The number of fused-ring (bicyclic) bond motifs is 1. The molecule has 0 bridgehead atoms. The predicted molar refractivity (Wildman–Crippen MR) is 84.9 cm³/mol. The van der Waals surface area contributed by atoms with Crippen LogP contribution in [-0.4, -0.2) is 33.7 Å². The van der Waals surface area contributed by atoms with Crippen molar-refractivity contribution in [3.63, 3.8) is 0 Å². The van der Waals surface area contributed by atoms with Crippen molar-refractivity contribution >= 4 is 5.91 Å². The van der Waals surface area contributed by atoms with E-state index in [4.69, 9.17) is 0 Å². The van der Waals surface area contributed by atoms with Gasteiger partial charge in [0, 0.05) is 31.0 Å². The molecule has 0 N–H and O–H groups in total. The zero-order valence-corrected chi connectivity index (χ0v) is 12.7. The van der Waals surface area contributed by atoms with Crippen LogP contribution in [0, 0.1) is 0 Å². The molecule has 4 rings (SSSR count). The number of carbonyl (C=O) groups is 1. The van der Waals surface area contributed by atoms with E-state index in [1.165, 1.54) is 17.5 Å². The maximum absolute atomic E-state index is 12.8. The van der Waals surface area contributed by atoms with Crippen molar-refractivity contribution < 1.29 is 4.79 Å². The second-order valence-corrected chi connectivity index (χ2v) is 6.37. The van der Waals surface area contributed by atoms with Crippen molar-refractivity contribution in [1.82, 2.24) is 14.7 Å². The molecule has 1 saturated heterocycles. The van der Waals surface area contributed by atoms with Gasteiger partial charge in [0.25, 0.3) is 5.91 Å². The Morgan fingerprint density at radius 3 is 2.95 bits per heavy atom. The van der Waals surface area contributed by atoms with E-state index in [0.29, 0.717) is 6.04 Å². The molecule has 1 amide bonds. The summed E-state index contributed by atoms with van der Waals surface area (Å²) < 4.78 is 1.99. The molecule has 1 aliphatic heterocycles. The Morgan fingerprint density at radius 2 is 2.09 bits per heavy atom. The Hall–Kier alpha value is -2.10. The van der Waals surface area contributed by atoms with Gasteiger partial charge in [0.15, 0.2) is 0 Å². The zero-order chi connectivity index (χ0) is 14.9. The monoisotopic (exact) mass is 295 g/mol. The van der Waals surface area contributed by atoms with Gasteiger partial charge < -0.3 is 4.90 Å². The van der Waals surface area contributed by atoms with E-state index in [0.717, 1.165) is 44.3 Å². The van der Waals surface area contributed by atoms with Crippen LogP contribution in [0.1, 0.15) is 46.8 Å². The molecule has 0 radical (unpaired) electrons. The van der Waals surface area contributed by atoms with Gasteiger partial charge in [-0.2, -0.15) is 5.10 Å². The summed E-state index contributed by atoms with van der Waals surface area (Å²) in [6, 6.07) is 8.51. The highest BCUT2D eigenvalue weighted by Gasteiger charge is 2.26. The van der Waals surface area contributed by atoms with Crippen molar-refractivity contribution in [2.24, 2.45) is 0 Å². The fourth-order valence-corrected chi connectivity index (χ4v) is 3.74. The summed E-state index contributed by atoms with van der Waals surface area (Å²) in [5.74, 6) is 0.173. The Balaban J connectivity index is 1.52. The number of rotatable bonds is 2. The maximum atomic E-state index is 12.8. The number of carbonyl (C=O) groups excluding carboxylic acids is 1. The first-order chi connectivity index (χ1) is 10.8. The number of piperidine rings is 1. The van der Waals surface area contributed by atoms with E-state index in [9.17, 15) is 4.79 Å². The topological polar surface area (TPSA) is 38.1 Å². The van der Waals surface area contributed by atoms with Crippen LogP contribution in [0.5, 0.6) is 0 Å². The van der Waals surface area contributed by atoms with Crippen LogP contribution < -0.4 is 0 Å². The minimum Gasteiger partial charge on any atom is -0.337 e. The van der Waals surface area contributed by atoms with E-state index in [1.54, 1.807) is 6.20 Å². The molecular formula is C18H21N3O. The molecule has 2 aromatic rings. The Morgan fingerprint density at radius 1 is 1.18 bits per heavy atom. The molecule has 1 aliphatic carbocycles. The Bertz CT molecular complexity index is 678. The highest BCUT2D eigenvalue weighted by Crippen LogP contribution is 2.25.